The van der Waals surface area contributed by atoms with E-state index in [4.69, 9.17) is 9.47 Å². The summed E-state index contributed by atoms with van der Waals surface area (Å²) in [7, 11) is 3.16. The molecule has 0 aromatic heterocycles. The second kappa shape index (κ2) is 7.80. The van der Waals surface area contributed by atoms with E-state index in [9.17, 15) is 4.79 Å². The first-order chi connectivity index (χ1) is 10.2. The van der Waals surface area contributed by atoms with Gasteiger partial charge < -0.3 is 14.8 Å². The first-order valence-electron chi connectivity index (χ1n) is 7.34. The van der Waals surface area contributed by atoms with Crippen molar-refractivity contribution in [3.63, 3.8) is 0 Å². The Morgan fingerprint density at radius 2 is 2.14 bits per heavy atom. The van der Waals surface area contributed by atoms with Gasteiger partial charge in [0.15, 0.2) is 5.78 Å². The number of hydrogen-bond donors (Lipinski definition) is 1. The number of halogens is 1. The Morgan fingerprint density at radius 3 is 2.76 bits per heavy atom. The van der Waals surface area contributed by atoms with E-state index < -0.39 is 0 Å². The number of carbonyl (C=O) groups is 1. The Kier molecular flexibility index (Phi) is 6.06. The van der Waals surface area contributed by atoms with Crippen molar-refractivity contribution in [3.8, 4) is 11.5 Å². The van der Waals surface area contributed by atoms with Gasteiger partial charge in [-0.15, -0.1) is 0 Å². The van der Waals surface area contributed by atoms with Crippen LogP contribution in [0.15, 0.2) is 16.6 Å². The van der Waals surface area contributed by atoms with Crippen molar-refractivity contribution in [1.82, 2.24) is 5.32 Å². The largest absolute Gasteiger partial charge is 0.495 e. The number of piperidine rings is 1. The predicted molar refractivity (Wildman–Crippen MR) is 86.5 cm³/mol. The van der Waals surface area contributed by atoms with Gasteiger partial charge in [0.05, 0.1) is 19.8 Å². The van der Waals surface area contributed by atoms with Gasteiger partial charge in [0, 0.05) is 12.5 Å². The molecule has 116 valence electrons. The summed E-state index contributed by atoms with van der Waals surface area (Å²) in [6.45, 7) is 1.07. The molecule has 1 aliphatic heterocycles. The smallest absolute Gasteiger partial charge is 0.166 e. The maximum Gasteiger partial charge on any atom is 0.166 e. The highest BCUT2D eigenvalue weighted by atomic mass is 79.9. The Bertz CT molecular complexity index is 499. The molecule has 1 unspecified atom stereocenters. The molecule has 1 N–H and O–H groups in total. The number of Topliss-reactive ketones (excluding diaryl/α,β-unsaturated/α-hetero) is 1. The lowest BCUT2D eigenvalue weighted by molar-refractivity contribution is 0.0971. The van der Waals surface area contributed by atoms with Gasteiger partial charge in [0.1, 0.15) is 16.0 Å². The molecular weight excluding hydrogens is 334 g/mol. The second-order valence-corrected chi connectivity index (χ2v) is 6.06. The molecule has 1 aliphatic rings. The van der Waals surface area contributed by atoms with Gasteiger partial charge in [0.25, 0.3) is 0 Å². The number of rotatable bonds is 6. The summed E-state index contributed by atoms with van der Waals surface area (Å²) in [5, 5.41) is 3.47. The molecule has 1 aromatic rings. The van der Waals surface area contributed by atoms with Crippen LogP contribution in [0.4, 0.5) is 0 Å². The third kappa shape index (κ3) is 3.98. The van der Waals surface area contributed by atoms with Gasteiger partial charge in [-0.2, -0.15) is 0 Å². The SMILES string of the molecule is COc1ccc(C(=O)CCC2CCCCN2)c(OC)c1Br. The molecule has 0 saturated carbocycles. The summed E-state index contributed by atoms with van der Waals surface area (Å²) in [6.07, 6.45) is 5.07. The average molecular weight is 356 g/mol. The highest BCUT2D eigenvalue weighted by Gasteiger charge is 2.20. The molecule has 2 rings (SSSR count). The van der Waals surface area contributed by atoms with Gasteiger partial charge in [-0.05, 0) is 53.9 Å². The lowest BCUT2D eigenvalue weighted by Crippen LogP contribution is -2.34. The number of hydrogen-bond acceptors (Lipinski definition) is 4. The minimum Gasteiger partial charge on any atom is -0.495 e. The van der Waals surface area contributed by atoms with E-state index in [1.807, 2.05) is 0 Å². The van der Waals surface area contributed by atoms with Crippen molar-refractivity contribution in [2.75, 3.05) is 20.8 Å². The summed E-state index contributed by atoms with van der Waals surface area (Å²) in [5.41, 5.74) is 0.612. The van der Waals surface area contributed by atoms with Crippen LogP contribution in [0, 0.1) is 0 Å². The molecule has 0 bridgehead atoms. The third-order valence-corrected chi connectivity index (χ3v) is 4.67. The summed E-state index contributed by atoms with van der Waals surface area (Å²) in [4.78, 5) is 12.4. The molecule has 21 heavy (non-hydrogen) atoms. The molecule has 1 aromatic carbocycles. The minimum atomic E-state index is 0.113. The van der Waals surface area contributed by atoms with E-state index in [0.717, 1.165) is 19.4 Å². The Hall–Kier alpha value is -1.07. The quantitative estimate of drug-likeness (QED) is 0.792. The van der Waals surface area contributed by atoms with Crippen molar-refractivity contribution < 1.29 is 14.3 Å². The summed E-state index contributed by atoms with van der Waals surface area (Å²) in [6, 6.07) is 4.04. The first kappa shape index (κ1) is 16.3. The molecule has 0 aliphatic carbocycles. The Balaban J connectivity index is 2.06. The van der Waals surface area contributed by atoms with E-state index in [1.54, 1.807) is 26.4 Å². The summed E-state index contributed by atoms with van der Waals surface area (Å²) < 4.78 is 11.3. The lowest BCUT2D eigenvalue weighted by atomic mass is 9.97. The van der Waals surface area contributed by atoms with Crippen LogP contribution >= 0.6 is 15.9 Å². The van der Waals surface area contributed by atoms with Crippen molar-refractivity contribution in [1.29, 1.82) is 0 Å². The first-order valence-corrected chi connectivity index (χ1v) is 8.13. The average Bonchev–Trinajstić information content (AvgIpc) is 2.53. The number of methoxy groups -OCH3 is 2. The zero-order valence-electron chi connectivity index (χ0n) is 12.6. The number of nitrogens with one attached hydrogen (secondary N) is 1. The fourth-order valence-corrected chi connectivity index (χ4v) is 3.39. The molecule has 1 fully saturated rings. The molecule has 1 heterocycles. The highest BCUT2D eigenvalue weighted by molar-refractivity contribution is 9.10. The normalized spacial score (nSPS) is 18.3. The monoisotopic (exact) mass is 355 g/mol. The van der Waals surface area contributed by atoms with Gasteiger partial charge >= 0.3 is 0 Å². The van der Waals surface area contributed by atoms with Crippen molar-refractivity contribution in [2.24, 2.45) is 0 Å². The van der Waals surface area contributed by atoms with Gasteiger partial charge in [-0.1, -0.05) is 6.42 Å². The van der Waals surface area contributed by atoms with E-state index in [0.29, 0.717) is 34.0 Å². The molecular formula is C16H22BrNO3. The van der Waals surface area contributed by atoms with E-state index in [-0.39, 0.29) is 5.78 Å². The number of benzene rings is 1. The summed E-state index contributed by atoms with van der Waals surface area (Å²) in [5.74, 6) is 1.33. The standard InChI is InChI=1S/C16H22BrNO3/c1-20-14-9-7-12(16(21-2)15(14)17)13(19)8-6-11-5-3-4-10-18-11/h7,9,11,18H,3-6,8,10H2,1-2H3. The Morgan fingerprint density at radius 1 is 1.33 bits per heavy atom. The van der Waals surface area contributed by atoms with Gasteiger partial charge in [-0.25, -0.2) is 0 Å². The molecule has 5 heteroatoms. The zero-order chi connectivity index (χ0) is 15.2. The van der Waals surface area contributed by atoms with Crippen LogP contribution in [0.25, 0.3) is 0 Å². The van der Waals surface area contributed by atoms with E-state index in [1.165, 1.54) is 12.8 Å². The maximum absolute atomic E-state index is 12.4. The van der Waals surface area contributed by atoms with Crippen LogP contribution in [-0.4, -0.2) is 32.6 Å². The van der Waals surface area contributed by atoms with E-state index in [2.05, 4.69) is 21.2 Å². The van der Waals surface area contributed by atoms with Crippen molar-refractivity contribution >= 4 is 21.7 Å². The third-order valence-electron chi connectivity index (χ3n) is 3.92. The molecule has 4 nitrogen and oxygen atoms in total. The highest BCUT2D eigenvalue weighted by Crippen LogP contribution is 2.37. The molecule has 0 amide bonds. The van der Waals surface area contributed by atoms with Crippen LogP contribution in [0.5, 0.6) is 11.5 Å². The molecule has 0 spiro atoms. The van der Waals surface area contributed by atoms with Gasteiger partial charge in [-0.3, -0.25) is 4.79 Å². The van der Waals surface area contributed by atoms with Crippen LogP contribution in [0.1, 0.15) is 42.5 Å². The Labute approximate surface area is 134 Å². The van der Waals surface area contributed by atoms with Crippen molar-refractivity contribution in [3.05, 3.63) is 22.2 Å². The van der Waals surface area contributed by atoms with E-state index >= 15 is 0 Å². The molecule has 1 atom stereocenters. The second-order valence-electron chi connectivity index (χ2n) is 5.27. The number of ether oxygens (including phenoxy) is 2. The lowest BCUT2D eigenvalue weighted by Gasteiger charge is -2.23. The predicted octanol–water partition coefficient (Wildman–Crippen LogP) is 3.57. The number of carbonyl (C=O) groups excluding carboxylic acids is 1. The van der Waals surface area contributed by atoms with Crippen molar-refractivity contribution in [2.45, 2.75) is 38.1 Å². The van der Waals surface area contributed by atoms with Gasteiger partial charge in [0.2, 0.25) is 0 Å². The van der Waals surface area contributed by atoms with Crippen LogP contribution in [-0.2, 0) is 0 Å². The summed E-state index contributed by atoms with van der Waals surface area (Å²) >= 11 is 3.43. The molecule has 1 saturated heterocycles. The van der Waals surface area contributed by atoms with Crippen LogP contribution in [0.3, 0.4) is 0 Å². The fourth-order valence-electron chi connectivity index (χ4n) is 2.73. The fraction of sp³-hybridized carbons (Fsp3) is 0.562. The zero-order valence-corrected chi connectivity index (χ0v) is 14.2. The topological polar surface area (TPSA) is 47.6 Å². The maximum atomic E-state index is 12.4. The number of ketones is 1. The molecule has 0 radical (unpaired) electrons. The minimum absolute atomic E-state index is 0.113. The van der Waals surface area contributed by atoms with Crippen LogP contribution < -0.4 is 14.8 Å². The van der Waals surface area contributed by atoms with Crippen LogP contribution in [0.2, 0.25) is 0 Å².